The van der Waals surface area contributed by atoms with Crippen LogP contribution in [-0.2, 0) is 22.4 Å². The molecule has 2 aliphatic rings. The molecule has 1 fully saturated rings. The van der Waals surface area contributed by atoms with Gasteiger partial charge in [-0.3, -0.25) is 10.1 Å². The Hall–Kier alpha value is -2.37. The van der Waals surface area contributed by atoms with Gasteiger partial charge >= 0.3 is 12.0 Å². The molecule has 0 aromatic heterocycles. The van der Waals surface area contributed by atoms with Gasteiger partial charge < -0.3 is 10.1 Å². The van der Waals surface area contributed by atoms with Crippen LogP contribution in [-0.4, -0.2) is 30.1 Å². The monoisotopic (exact) mass is 372 g/mol. The molecule has 3 amide bonds. The van der Waals surface area contributed by atoms with E-state index in [0.717, 1.165) is 44.9 Å². The van der Waals surface area contributed by atoms with Crippen LogP contribution in [0.1, 0.15) is 73.4 Å². The van der Waals surface area contributed by atoms with Gasteiger partial charge in [-0.05, 0) is 68.7 Å². The summed E-state index contributed by atoms with van der Waals surface area (Å²) in [7, 11) is 0. The van der Waals surface area contributed by atoms with Crippen molar-refractivity contribution in [2.75, 3.05) is 0 Å². The molecule has 0 radical (unpaired) electrons. The second-order valence-electron chi connectivity index (χ2n) is 7.54. The van der Waals surface area contributed by atoms with Crippen LogP contribution in [0.2, 0.25) is 0 Å². The molecule has 2 N–H and O–H groups in total. The maximum atomic E-state index is 12.3. The minimum Gasteiger partial charge on any atom is -0.449 e. The molecule has 27 heavy (non-hydrogen) atoms. The van der Waals surface area contributed by atoms with E-state index in [1.54, 1.807) is 6.07 Å². The second kappa shape index (κ2) is 9.02. The average Bonchev–Trinajstić information content (AvgIpc) is 2.68. The summed E-state index contributed by atoms with van der Waals surface area (Å²) >= 11 is 0. The topological polar surface area (TPSA) is 84.5 Å². The zero-order chi connectivity index (χ0) is 19.2. The first-order valence-corrected chi connectivity index (χ1v) is 9.97. The van der Waals surface area contributed by atoms with Crippen molar-refractivity contribution in [2.24, 2.45) is 0 Å². The first-order chi connectivity index (χ1) is 13.0. The van der Waals surface area contributed by atoms with E-state index in [2.05, 4.69) is 10.6 Å². The number of nitrogens with one attached hydrogen (secondary N) is 2. The fourth-order valence-corrected chi connectivity index (χ4v) is 3.82. The number of carbonyl (C=O) groups is 3. The maximum Gasteiger partial charge on any atom is 0.338 e. The molecular weight excluding hydrogens is 344 g/mol. The van der Waals surface area contributed by atoms with E-state index in [0.29, 0.717) is 5.56 Å². The van der Waals surface area contributed by atoms with E-state index in [1.807, 2.05) is 12.1 Å². The smallest absolute Gasteiger partial charge is 0.338 e. The minimum absolute atomic E-state index is 0.111. The van der Waals surface area contributed by atoms with Gasteiger partial charge in [0, 0.05) is 6.04 Å². The molecule has 1 atom stereocenters. The summed E-state index contributed by atoms with van der Waals surface area (Å²) in [6, 6.07) is 5.15. The molecule has 0 spiro atoms. The van der Waals surface area contributed by atoms with Crippen LogP contribution in [0.5, 0.6) is 0 Å². The molecule has 0 heterocycles. The van der Waals surface area contributed by atoms with Crippen LogP contribution in [0.25, 0.3) is 0 Å². The van der Waals surface area contributed by atoms with Crippen molar-refractivity contribution in [2.45, 2.75) is 76.9 Å². The van der Waals surface area contributed by atoms with E-state index in [9.17, 15) is 14.4 Å². The Morgan fingerprint density at radius 1 is 1.00 bits per heavy atom. The lowest BCUT2D eigenvalue weighted by molar-refractivity contribution is -0.127. The Labute approximate surface area is 160 Å². The lowest BCUT2D eigenvalue weighted by Crippen LogP contribution is -2.48. The van der Waals surface area contributed by atoms with Crippen LogP contribution in [0.3, 0.4) is 0 Å². The Balaban J connectivity index is 1.49. The Kier molecular flexibility index (Phi) is 6.48. The zero-order valence-electron chi connectivity index (χ0n) is 15.9. The highest BCUT2D eigenvalue weighted by molar-refractivity contribution is 5.98. The number of aryl methyl sites for hydroxylation is 2. The first-order valence-electron chi connectivity index (χ1n) is 9.97. The standard InChI is InChI=1S/C21H28N2O4/c1-14(19(24)23-21(26)22-18-9-3-2-4-10-18)27-20(25)17-12-11-15-7-5-6-8-16(15)13-17/h11-14,18H,2-10H2,1H3,(H2,22,23,24,26)/t14-/m1/s1. The Morgan fingerprint density at radius 3 is 2.44 bits per heavy atom. The SMILES string of the molecule is C[C@@H](OC(=O)c1ccc2c(c1)CCCC2)C(=O)NC(=O)NC1CCCCC1. The van der Waals surface area contributed by atoms with Crippen molar-refractivity contribution >= 4 is 17.9 Å². The molecule has 0 saturated heterocycles. The van der Waals surface area contributed by atoms with Crippen LogP contribution in [0.4, 0.5) is 4.79 Å². The third kappa shape index (κ3) is 5.31. The van der Waals surface area contributed by atoms with Gasteiger partial charge in [0.15, 0.2) is 6.10 Å². The van der Waals surface area contributed by atoms with Gasteiger partial charge in [-0.15, -0.1) is 0 Å². The van der Waals surface area contributed by atoms with Crippen LogP contribution in [0, 0.1) is 0 Å². The van der Waals surface area contributed by atoms with Gasteiger partial charge in [-0.2, -0.15) is 0 Å². The predicted octanol–water partition coefficient (Wildman–Crippen LogP) is 3.27. The van der Waals surface area contributed by atoms with Gasteiger partial charge in [-0.25, -0.2) is 9.59 Å². The zero-order valence-corrected chi connectivity index (χ0v) is 15.9. The quantitative estimate of drug-likeness (QED) is 0.795. The number of rotatable bonds is 4. The van der Waals surface area contributed by atoms with Gasteiger partial charge in [-0.1, -0.05) is 25.3 Å². The highest BCUT2D eigenvalue weighted by atomic mass is 16.5. The van der Waals surface area contributed by atoms with Crippen LogP contribution < -0.4 is 10.6 Å². The number of amides is 3. The summed E-state index contributed by atoms with van der Waals surface area (Å²) in [6.45, 7) is 1.47. The van der Waals surface area contributed by atoms with Gasteiger partial charge in [0.05, 0.1) is 5.56 Å². The fourth-order valence-electron chi connectivity index (χ4n) is 3.82. The summed E-state index contributed by atoms with van der Waals surface area (Å²) < 4.78 is 5.25. The van der Waals surface area contributed by atoms with Crippen molar-refractivity contribution in [1.82, 2.24) is 10.6 Å². The molecule has 6 nitrogen and oxygen atoms in total. The number of urea groups is 1. The lowest BCUT2D eigenvalue weighted by Gasteiger charge is -2.23. The number of carbonyl (C=O) groups excluding carboxylic acids is 3. The predicted molar refractivity (Wildman–Crippen MR) is 102 cm³/mol. The molecule has 0 unspecified atom stereocenters. The molecule has 0 bridgehead atoms. The van der Waals surface area contributed by atoms with Gasteiger partial charge in [0.25, 0.3) is 5.91 Å². The van der Waals surface area contributed by atoms with E-state index in [-0.39, 0.29) is 6.04 Å². The largest absolute Gasteiger partial charge is 0.449 e. The number of hydrogen-bond acceptors (Lipinski definition) is 4. The molecule has 0 aliphatic heterocycles. The minimum atomic E-state index is -1.04. The molecule has 2 aliphatic carbocycles. The number of imide groups is 1. The van der Waals surface area contributed by atoms with E-state index < -0.39 is 24.0 Å². The van der Waals surface area contributed by atoms with Crippen molar-refractivity contribution in [1.29, 1.82) is 0 Å². The Bertz CT molecular complexity index is 710. The summed E-state index contributed by atoms with van der Waals surface area (Å²) in [4.78, 5) is 36.4. The molecular formula is C21H28N2O4. The Morgan fingerprint density at radius 2 is 1.70 bits per heavy atom. The molecule has 3 rings (SSSR count). The third-order valence-corrected chi connectivity index (χ3v) is 5.41. The normalized spacial score (nSPS) is 18.1. The van der Waals surface area contributed by atoms with Crippen LogP contribution in [0.15, 0.2) is 18.2 Å². The molecule has 6 heteroatoms. The number of hydrogen-bond donors (Lipinski definition) is 2. The van der Waals surface area contributed by atoms with Crippen LogP contribution >= 0.6 is 0 Å². The number of esters is 1. The van der Waals surface area contributed by atoms with Gasteiger partial charge in [0.2, 0.25) is 0 Å². The summed E-state index contributed by atoms with van der Waals surface area (Å²) in [5, 5.41) is 5.08. The van der Waals surface area contributed by atoms with E-state index in [1.165, 1.54) is 30.9 Å². The molecule has 1 saturated carbocycles. The summed E-state index contributed by atoms with van der Waals surface area (Å²) in [6.07, 6.45) is 8.51. The summed E-state index contributed by atoms with van der Waals surface area (Å²) in [5.74, 6) is -1.16. The van der Waals surface area contributed by atoms with Crippen molar-refractivity contribution in [3.63, 3.8) is 0 Å². The third-order valence-electron chi connectivity index (χ3n) is 5.41. The highest BCUT2D eigenvalue weighted by Gasteiger charge is 2.23. The average molecular weight is 372 g/mol. The van der Waals surface area contributed by atoms with E-state index >= 15 is 0 Å². The molecule has 1 aromatic rings. The lowest BCUT2D eigenvalue weighted by atomic mass is 9.90. The molecule has 1 aromatic carbocycles. The number of fused-ring (bicyclic) bond motifs is 1. The van der Waals surface area contributed by atoms with E-state index in [4.69, 9.17) is 4.74 Å². The number of ether oxygens (including phenoxy) is 1. The first kappa shape index (κ1) is 19.4. The van der Waals surface area contributed by atoms with Gasteiger partial charge in [0.1, 0.15) is 0 Å². The fraction of sp³-hybridized carbons (Fsp3) is 0.571. The van der Waals surface area contributed by atoms with Crippen molar-refractivity contribution in [3.8, 4) is 0 Å². The van der Waals surface area contributed by atoms with Crippen molar-refractivity contribution in [3.05, 3.63) is 34.9 Å². The molecule has 146 valence electrons. The second-order valence-corrected chi connectivity index (χ2v) is 7.54. The number of benzene rings is 1. The summed E-state index contributed by atoms with van der Waals surface area (Å²) in [5.41, 5.74) is 2.91. The maximum absolute atomic E-state index is 12.3. The van der Waals surface area contributed by atoms with Crippen molar-refractivity contribution < 1.29 is 19.1 Å². The highest BCUT2D eigenvalue weighted by Crippen LogP contribution is 2.22.